The third kappa shape index (κ3) is 4.23. The lowest BCUT2D eigenvalue weighted by Gasteiger charge is -2.25. The minimum absolute atomic E-state index is 0.586. The second kappa shape index (κ2) is 7.07. The van der Waals surface area contributed by atoms with Gasteiger partial charge in [-0.3, -0.25) is 4.90 Å². The van der Waals surface area contributed by atoms with Crippen molar-refractivity contribution >= 4 is 11.6 Å². The van der Waals surface area contributed by atoms with Crippen LogP contribution in [0.3, 0.4) is 0 Å². The Morgan fingerprint density at radius 3 is 3.11 bits per heavy atom. The van der Waals surface area contributed by atoms with Gasteiger partial charge in [-0.25, -0.2) is 4.98 Å². The summed E-state index contributed by atoms with van der Waals surface area (Å²) in [5, 5.41) is 4.15. The van der Waals surface area contributed by atoms with Crippen LogP contribution in [0.5, 0.6) is 0 Å². The maximum Gasteiger partial charge on any atom is 0.129 e. The van der Waals surface area contributed by atoms with Crippen LogP contribution in [0, 0.1) is 0 Å². The van der Waals surface area contributed by atoms with Crippen LogP contribution in [0.15, 0.2) is 18.3 Å². The smallest absolute Gasteiger partial charge is 0.129 e. The van der Waals surface area contributed by atoms with Gasteiger partial charge in [0.25, 0.3) is 0 Å². The van der Waals surface area contributed by atoms with E-state index in [0.717, 1.165) is 19.6 Å². The van der Waals surface area contributed by atoms with Gasteiger partial charge in [0.2, 0.25) is 0 Å². The van der Waals surface area contributed by atoms with Crippen molar-refractivity contribution in [2.24, 2.45) is 0 Å². The fourth-order valence-corrected chi connectivity index (χ4v) is 2.77. The number of hydrogen-bond acceptors (Lipinski definition) is 3. The molecule has 1 N–H and O–H groups in total. The first-order chi connectivity index (χ1) is 8.78. The molecular formula is C14H22ClN3. The van der Waals surface area contributed by atoms with Crippen LogP contribution in [0.4, 0.5) is 0 Å². The molecule has 1 saturated heterocycles. The summed E-state index contributed by atoms with van der Waals surface area (Å²) in [6.07, 6.45) is 5.59. The third-order valence-electron chi connectivity index (χ3n) is 3.38. The van der Waals surface area contributed by atoms with Crippen LogP contribution in [0.25, 0.3) is 0 Å². The fourth-order valence-electron chi connectivity index (χ4n) is 2.57. The predicted octanol–water partition coefficient (Wildman–Crippen LogP) is 2.70. The van der Waals surface area contributed by atoms with E-state index < -0.39 is 0 Å². The van der Waals surface area contributed by atoms with Crippen LogP contribution in [-0.4, -0.2) is 35.6 Å². The molecule has 1 aliphatic heterocycles. The van der Waals surface area contributed by atoms with Gasteiger partial charge in [0, 0.05) is 25.3 Å². The number of hydrogen-bond donors (Lipinski definition) is 1. The largest absolute Gasteiger partial charge is 0.313 e. The van der Waals surface area contributed by atoms with Crippen LogP contribution < -0.4 is 5.32 Å². The summed E-state index contributed by atoms with van der Waals surface area (Å²) < 4.78 is 0. The highest BCUT2D eigenvalue weighted by Gasteiger charge is 2.17. The highest BCUT2D eigenvalue weighted by atomic mass is 35.5. The van der Waals surface area contributed by atoms with E-state index in [9.17, 15) is 0 Å². The first kappa shape index (κ1) is 13.8. The molecule has 1 aromatic heterocycles. The lowest BCUT2D eigenvalue weighted by Crippen LogP contribution is -2.37. The minimum Gasteiger partial charge on any atom is -0.313 e. The van der Waals surface area contributed by atoms with Crippen LogP contribution >= 0.6 is 11.6 Å². The molecule has 100 valence electrons. The molecule has 0 saturated carbocycles. The molecule has 4 heteroatoms. The molecule has 0 bridgehead atoms. The molecule has 18 heavy (non-hydrogen) atoms. The second-order valence-electron chi connectivity index (χ2n) is 5.02. The molecule has 1 aliphatic rings. The van der Waals surface area contributed by atoms with Crippen LogP contribution in [0.2, 0.25) is 5.15 Å². The van der Waals surface area contributed by atoms with Gasteiger partial charge in [0.05, 0.1) is 0 Å². The average Bonchev–Trinajstić information content (AvgIpc) is 2.82. The molecule has 1 atom stereocenters. The molecule has 1 fully saturated rings. The van der Waals surface area contributed by atoms with Gasteiger partial charge in [0.1, 0.15) is 5.15 Å². The molecule has 0 radical (unpaired) electrons. The average molecular weight is 268 g/mol. The van der Waals surface area contributed by atoms with E-state index in [4.69, 9.17) is 11.6 Å². The summed E-state index contributed by atoms with van der Waals surface area (Å²) in [6, 6.07) is 4.68. The lowest BCUT2D eigenvalue weighted by molar-refractivity contribution is 0.241. The van der Waals surface area contributed by atoms with Crippen molar-refractivity contribution < 1.29 is 0 Å². The van der Waals surface area contributed by atoms with Crippen molar-refractivity contribution in [3.05, 3.63) is 29.0 Å². The number of pyridine rings is 1. The Bertz CT molecular complexity index is 364. The molecule has 0 aliphatic carbocycles. The minimum atomic E-state index is 0.586. The first-order valence-corrected chi connectivity index (χ1v) is 7.22. The molecule has 0 amide bonds. The molecule has 1 aromatic rings. The van der Waals surface area contributed by atoms with Gasteiger partial charge >= 0.3 is 0 Å². The van der Waals surface area contributed by atoms with E-state index >= 15 is 0 Å². The van der Waals surface area contributed by atoms with E-state index in [0.29, 0.717) is 11.2 Å². The topological polar surface area (TPSA) is 28.2 Å². The van der Waals surface area contributed by atoms with Crippen molar-refractivity contribution in [3.63, 3.8) is 0 Å². The van der Waals surface area contributed by atoms with Gasteiger partial charge in [-0.1, -0.05) is 18.5 Å². The summed E-state index contributed by atoms with van der Waals surface area (Å²) in [6.45, 7) is 6.64. The quantitative estimate of drug-likeness (QED) is 0.804. The summed E-state index contributed by atoms with van der Waals surface area (Å²) >= 11 is 5.93. The molecular weight excluding hydrogens is 246 g/mol. The normalized spacial score (nSPS) is 19.6. The second-order valence-corrected chi connectivity index (χ2v) is 5.40. The van der Waals surface area contributed by atoms with Gasteiger partial charge < -0.3 is 5.32 Å². The highest BCUT2D eigenvalue weighted by molar-refractivity contribution is 6.29. The van der Waals surface area contributed by atoms with E-state index in [2.05, 4.69) is 28.2 Å². The summed E-state index contributed by atoms with van der Waals surface area (Å²) in [5.74, 6) is 0. The van der Waals surface area contributed by atoms with Crippen molar-refractivity contribution in [3.8, 4) is 0 Å². The Morgan fingerprint density at radius 2 is 2.44 bits per heavy atom. The number of nitrogens with one attached hydrogen (secondary N) is 1. The van der Waals surface area contributed by atoms with Crippen molar-refractivity contribution in [2.45, 2.75) is 38.8 Å². The molecule has 2 rings (SSSR count). The lowest BCUT2D eigenvalue weighted by atomic mass is 10.2. The van der Waals surface area contributed by atoms with Gasteiger partial charge in [-0.05, 0) is 50.0 Å². The van der Waals surface area contributed by atoms with Gasteiger partial charge in [-0.15, -0.1) is 0 Å². The molecule has 0 aromatic carbocycles. The van der Waals surface area contributed by atoms with Crippen molar-refractivity contribution in [2.75, 3.05) is 19.6 Å². The number of nitrogens with zero attached hydrogens (tertiary/aromatic N) is 2. The SMILES string of the molecule is CCCN(Cc1ccnc(Cl)c1)CC1CCCN1. The van der Waals surface area contributed by atoms with Crippen molar-refractivity contribution in [1.29, 1.82) is 0 Å². The predicted molar refractivity (Wildman–Crippen MR) is 75.8 cm³/mol. The Labute approximate surface area is 115 Å². The van der Waals surface area contributed by atoms with Gasteiger partial charge in [0.15, 0.2) is 0 Å². The molecule has 0 spiro atoms. The first-order valence-electron chi connectivity index (χ1n) is 6.84. The van der Waals surface area contributed by atoms with Crippen LogP contribution in [-0.2, 0) is 6.54 Å². The highest BCUT2D eigenvalue weighted by Crippen LogP contribution is 2.13. The van der Waals surface area contributed by atoms with E-state index in [1.54, 1.807) is 6.20 Å². The summed E-state index contributed by atoms with van der Waals surface area (Å²) in [7, 11) is 0. The monoisotopic (exact) mass is 267 g/mol. The number of halogens is 1. The van der Waals surface area contributed by atoms with E-state index in [1.807, 2.05) is 6.07 Å². The Kier molecular flexibility index (Phi) is 5.42. The fraction of sp³-hybridized carbons (Fsp3) is 0.643. The molecule has 2 heterocycles. The molecule has 3 nitrogen and oxygen atoms in total. The maximum absolute atomic E-state index is 5.93. The van der Waals surface area contributed by atoms with Crippen LogP contribution in [0.1, 0.15) is 31.7 Å². The van der Waals surface area contributed by atoms with E-state index in [1.165, 1.54) is 31.4 Å². The molecule has 1 unspecified atom stereocenters. The Hall–Kier alpha value is -0.640. The third-order valence-corrected chi connectivity index (χ3v) is 3.58. The van der Waals surface area contributed by atoms with E-state index in [-0.39, 0.29) is 0 Å². The maximum atomic E-state index is 5.93. The Balaban J connectivity index is 1.92. The number of rotatable bonds is 6. The zero-order chi connectivity index (χ0) is 12.8. The summed E-state index contributed by atoms with van der Waals surface area (Å²) in [4.78, 5) is 6.54. The summed E-state index contributed by atoms with van der Waals surface area (Å²) in [5.41, 5.74) is 1.25. The standard InChI is InChI=1S/C14H22ClN3/c1-2-8-18(11-13-4-3-6-16-13)10-12-5-7-17-14(15)9-12/h5,7,9,13,16H,2-4,6,8,10-11H2,1H3. The van der Waals surface area contributed by atoms with Crippen molar-refractivity contribution in [1.82, 2.24) is 15.2 Å². The van der Waals surface area contributed by atoms with Gasteiger partial charge in [-0.2, -0.15) is 0 Å². The zero-order valence-electron chi connectivity index (χ0n) is 11.0. The zero-order valence-corrected chi connectivity index (χ0v) is 11.8. The Morgan fingerprint density at radius 1 is 1.56 bits per heavy atom. The number of aromatic nitrogens is 1.